The van der Waals surface area contributed by atoms with Crippen molar-refractivity contribution in [3.8, 4) is 11.1 Å². The zero-order valence-corrected chi connectivity index (χ0v) is 19.6. The highest BCUT2D eigenvalue weighted by molar-refractivity contribution is 6.05. The zero-order valence-electron chi connectivity index (χ0n) is 19.6. The Hall–Kier alpha value is -4.69. The van der Waals surface area contributed by atoms with E-state index < -0.39 is 0 Å². The van der Waals surface area contributed by atoms with E-state index in [-0.39, 0.29) is 5.41 Å². The number of benzene rings is 5. The average molecular weight is 459 g/mol. The van der Waals surface area contributed by atoms with E-state index in [4.69, 9.17) is 0 Å². The number of fused-ring (bicyclic) bond motifs is 7. The number of hydrogen-bond donors (Lipinski definition) is 0. The average Bonchev–Trinajstić information content (AvgIpc) is 3.26. The van der Waals surface area contributed by atoms with Crippen LogP contribution in [0.5, 0.6) is 0 Å². The number of nitrogens with zero attached hydrogens (tertiary/aromatic N) is 2. The molecule has 0 amide bonds. The fraction of sp³-hybridized carbons (Fsp3) is 0.0294. The number of pyridine rings is 1. The quantitative estimate of drug-likeness (QED) is 0.264. The van der Waals surface area contributed by atoms with Crippen molar-refractivity contribution in [1.82, 2.24) is 4.98 Å². The van der Waals surface area contributed by atoms with Gasteiger partial charge in [-0.05, 0) is 80.6 Å². The van der Waals surface area contributed by atoms with E-state index in [1.165, 1.54) is 44.2 Å². The molecule has 0 radical (unpaired) electrons. The fourth-order valence-electron chi connectivity index (χ4n) is 6.55. The van der Waals surface area contributed by atoms with Gasteiger partial charge in [-0.3, -0.25) is 4.98 Å². The highest BCUT2D eigenvalue weighted by Crippen LogP contribution is 2.64. The molecule has 0 saturated carbocycles. The third-order valence-corrected chi connectivity index (χ3v) is 7.93. The second-order valence-electron chi connectivity index (χ2n) is 9.61. The maximum Gasteiger partial charge on any atom is 0.0726 e. The Kier molecular flexibility index (Phi) is 3.90. The lowest BCUT2D eigenvalue weighted by Crippen LogP contribution is -2.36. The minimum atomic E-state index is -0.237. The third-order valence-electron chi connectivity index (χ3n) is 7.93. The molecule has 2 nitrogen and oxygen atoms in total. The van der Waals surface area contributed by atoms with E-state index in [1.54, 1.807) is 0 Å². The molecule has 0 aliphatic heterocycles. The molecule has 2 aliphatic rings. The van der Waals surface area contributed by atoms with Gasteiger partial charge in [-0.2, -0.15) is 0 Å². The second-order valence-corrected chi connectivity index (χ2v) is 9.61. The van der Waals surface area contributed by atoms with Crippen molar-refractivity contribution < 1.29 is 0 Å². The highest BCUT2D eigenvalue weighted by atomic mass is 15.1. The van der Waals surface area contributed by atoms with Crippen molar-refractivity contribution in [3.05, 3.63) is 156 Å². The molecular weight excluding hydrogens is 436 g/mol. The van der Waals surface area contributed by atoms with Crippen molar-refractivity contribution in [2.75, 3.05) is 4.90 Å². The molecule has 0 saturated heterocycles. The zero-order chi connectivity index (χ0) is 23.7. The maximum atomic E-state index is 4.27. The Balaban J connectivity index is 1.42. The normalized spacial score (nSPS) is 13.8. The predicted molar refractivity (Wildman–Crippen MR) is 147 cm³/mol. The van der Waals surface area contributed by atoms with Gasteiger partial charge in [0.25, 0.3) is 0 Å². The predicted octanol–water partition coefficient (Wildman–Crippen LogP) is 8.38. The first-order valence-electron chi connectivity index (χ1n) is 12.4. The summed E-state index contributed by atoms with van der Waals surface area (Å²) in [4.78, 5) is 6.59. The smallest absolute Gasteiger partial charge is 0.0726 e. The largest absolute Gasteiger partial charge is 0.310 e. The molecular formula is C34H22N2. The molecule has 168 valence electrons. The third kappa shape index (κ3) is 2.38. The SMILES string of the molecule is c1ccc(N(c2ccncc2)c2ccc3c(c2)C2(c4ccccc4-3)c3cccc4cccc2c34)cc1. The van der Waals surface area contributed by atoms with Crippen LogP contribution in [-0.2, 0) is 5.41 Å². The van der Waals surface area contributed by atoms with Gasteiger partial charge >= 0.3 is 0 Å². The molecule has 2 heteroatoms. The van der Waals surface area contributed by atoms with Crippen molar-refractivity contribution >= 4 is 27.8 Å². The fourth-order valence-corrected chi connectivity index (χ4v) is 6.55. The molecule has 8 rings (SSSR count). The van der Waals surface area contributed by atoms with E-state index in [0.717, 1.165) is 17.1 Å². The standard InChI is InChI=1S/C34H22N2/c1-2-10-24(11-3-1)36(25-18-20-35-21-19-25)26-16-17-28-27-12-4-5-13-29(27)34(32(28)22-26)30-14-6-8-23-9-7-15-31(34)33(23)30/h1-22H. The van der Waals surface area contributed by atoms with Crippen LogP contribution >= 0.6 is 0 Å². The summed E-state index contributed by atoms with van der Waals surface area (Å²) in [6.07, 6.45) is 3.72. The molecule has 0 atom stereocenters. The second kappa shape index (κ2) is 7.16. The number of aromatic nitrogens is 1. The molecule has 0 fully saturated rings. The van der Waals surface area contributed by atoms with Crippen LogP contribution in [0.4, 0.5) is 17.1 Å². The summed E-state index contributed by atoms with van der Waals surface area (Å²) >= 11 is 0. The lowest BCUT2D eigenvalue weighted by atomic mass is 9.58. The summed E-state index contributed by atoms with van der Waals surface area (Å²) in [5, 5.41) is 2.72. The van der Waals surface area contributed by atoms with E-state index >= 15 is 0 Å². The van der Waals surface area contributed by atoms with Crippen molar-refractivity contribution in [1.29, 1.82) is 0 Å². The van der Waals surface area contributed by atoms with Gasteiger partial charge in [0.2, 0.25) is 0 Å². The van der Waals surface area contributed by atoms with Gasteiger partial charge in [-0.25, -0.2) is 0 Å². The van der Waals surface area contributed by atoms with E-state index in [2.05, 4.69) is 131 Å². The molecule has 1 heterocycles. The highest BCUT2D eigenvalue weighted by Gasteiger charge is 2.53. The summed E-state index contributed by atoms with van der Waals surface area (Å²) in [5.41, 5.74) is 11.4. The van der Waals surface area contributed by atoms with Gasteiger partial charge in [-0.1, -0.05) is 84.9 Å². The molecule has 1 spiro atoms. The molecule has 0 N–H and O–H groups in total. The van der Waals surface area contributed by atoms with Gasteiger partial charge in [0.1, 0.15) is 0 Å². The van der Waals surface area contributed by atoms with Gasteiger partial charge in [0, 0.05) is 29.5 Å². The van der Waals surface area contributed by atoms with Crippen LogP contribution in [0.1, 0.15) is 22.3 Å². The lowest BCUT2D eigenvalue weighted by Gasteiger charge is -2.43. The van der Waals surface area contributed by atoms with Gasteiger partial charge in [0.15, 0.2) is 0 Å². The summed E-state index contributed by atoms with van der Waals surface area (Å²) < 4.78 is 0. The van der Waals surface area contributed by atoms with E-state index in [1.807, 2.05) is 12.4 Å². The van der Waals surface area contributed by atoms with Crippen LogP contribution in [0.25, 0.3) is 21.9 Å². The van der Waals surface area contributed by atoms with Crippen LogP contribution in [0.2, 0.25) is 0 Å². The Morgan fingerprint density at radius 3 is 1.89 bits per heavy atom. The number of para-hydroxylation sites is 1. The van der Waals surface area contributed by atoms with Gasteiger partial charge in [-0.15, -0.1) is 0 Å². The Morgan fingerprint density at radius 1 is 0.472 bits per heavy atom. The monoisotopic (exact) mass is 458 g/mol. The molecule has 6 aromatic rings. The molecule has 0 unspecified atom stereocenters. The number of hydrogen-bond acceptors (Lipinski definition) is 2. The summed E-state index contributed by atoms with van der Waals surface area (Å²) in [6, 6.07) is 44.2. The maximum absolute atomic E-state index is 4.27. The van der Waals surface area contributed by atoms with E-state index in [0.29, 0.717) is 0 Å². The molecule has 2 aliphatic carbocycles. The molecule has 0 bridgehead atoms. The Labute approximate surface area is 210 Å². The van der Waals surface area contributed by atoms with Gasteiger partial charge < -0.3 is 4.90 Å². The van der Waals surface area contributed by atoms with Gasteiger partial charge in [0.05, 0.1) is 5.41 Å². The summed E-state index contributed by atoms with van der Waals surface area (Å²) in [5.74, 6) is 0. The van der Waals surface area contributed by atoms with Crippen LogP contribution in [0, 0.1) is 0 Å². The van der Waals surface area contributed by atoms with Crippen molar-refractivity contribution in [3.63, 3.8) is 0 Å². The van der Waals surface area contributed by atoms with Crippen LogP contribution in [-0.4, -0.2) is 4.98 Å². The van der Waals surface area contributed by atoms with Crippen LogP contribution < -0.4 is 4.90 Å². The molecule has 1 aromatic heterocycles. The molecule has 5 aromatic carbocycles. The summed E-state index contributed by atoms with van der Waals surface area (Å²) in [6.45, 7) is 0. The minimum Gasteiger partial charge on any atom is -0.310 e. The number of rotatable bonds is 3. The van der Waals surface area contributed by atoms with Crippen molar-refractivity contribution in [2.45, 2.75) is 5.41 Å². The Morgan fingerprint density at radius 2 is 1.11 bits per heavy atom. The Bertz CT molecular complexity index is 1710. The first-order valence-corrected chi connectivity index (χ1v) is 12.4. The van der Waals surface area contributed by atoms with Crippen molar-refractivity contribution in [2.24, 2.45) is 0 Å². The van der Waals surface area contributed by atoms with Crippen LogP contribution in [0.15, 0.2) is 134 Å². The first kappa shape index (κ1) is 19.6. The summed E-state index contributed by atoms with van der Waals surface area (Å²) in [7, 11) is 0. The number of anilines is 3. The molecule has 36 heavy (non-hydrogen) atoms. The van der Waals surface area contributed by atoms with Crippen LogP contribution in [0.3, 0.4) is 0 Å². The van der Waals surface area contributed by atoms with E-state index in [9.17, 15) is 0 Å². The first-order chi connectivity index (χ1) is 17.9. The topological polar surface area (TPSA) is 16.1 Å². The lowest BCUT2D eigenvalue weighted by molar-refractivity contribution is 0.745. The minimum absolute atomic E-state index is 0.237.